The Balaban J connectivity index is 0.00000361. The topological polar surface area (TPSA) is 64.3 Å². The molecule has 0 saturated carbocycles. The molecule has 0 aliphatic heterocycles. The lowest BCUT2D eigenvalue weighted by Crippen LogP contribution is -2.28. The Hall–Kier alpha value is -0.780. The monoisotopic (exact) mass is 364 g/mol. The fraction of sp³-hybridized carbons (Fsp3) is 0.500. The van der Waals surface area contributed by atoms with Gasteiger partial charge in [-0.15, -0.1) is 12.4 Å². The molecule has 0 aliphatic rings. The second-order valence-electron chi connectivity index (χ2n) is 4.50. The van der Waals surface area contributed by atoms with Crippen molar-refractivity contribution in [1.82, 2.24) is 5.32 Å². The number of nitrogens with one attached hydrogen (secondary N) is 1. The molecule has 114 valence electrons. The summed E-state index contributed by atoms with van der Waals surface area (Å²) in [4.78, 5) is 11.5. The van der Waals surface area contributed by atoms with Gasteiger partial charge >= 0.3 is 0 Å². The van der Waals surface area contributed by atoms with Crippen LogP contribution >= 0.6 is 28.3 Å². The molecule has 20 heavy (non-hydrogen) atoms. The summed E-state index contributed by atoms with van der Waals surface area (Å²) < 4.78 is 6.51. The van der Waals surface area contributed by atoms with Crippen LogP contribution in [-0.2, 0) is 4.79 Å². The highest BCUT2D eigenvalue weighted by atomic mass is 79.9. The average Bonchev–Trinajstić information content (AvgIpc) is 2.36. The van der Waals surface area contributed by atoms with Gasteiger partial charge in [0.2, 0.25) is 5.91 Å². The zero-order valence-electron chi connectivity index (χ0n) is 11.6. The van der Waals surface area contributed by atoms with E-state index >= 15 is 0 Å². The van der Waals surface area contributed by atoms with Gasteiger partial charge in [-0.25, -0.2) is 0 Å². The van der Waals surface area contributed by atoms with E-state index < -0.39 is 0 Å². The van der Waals surface area contributed by atoms with E-state index in [9.17, 15) is 4.79 Å². The summed E-state index contributed by atoms with van der Waals surface area (Å²) in [7, 11) is 0. The highest BCUT2D eigenvalue weighted by molar-refractivity contribution is 9.10. The number of rotatable bonds is 8. The summed E-state index contributed by atoms with van der Waals surface area (Å²) in [5, 5.41) is 2.84. The predicted octanol–water partition coefficient (Wildman–Crippen LogP) is 2.88. The lowest BCUT2D eigenvalue weighted by molar-refractivity contribution is -0.121. The number of amides is 1. The first-order chi connectivity index (χ1) is 9.09. The minimum absolute atomic E-state index is 0. The summed E-state index contributed by atoms with van der Waals surface area (Å²) in [6.07, 6.45) is 1.98. The number of benzene rings is 1. The van der Waals surface area contributed by atoms with Crippen molar-refractivity contribution in [3.05, 3.63) is 28.7 Å². The first-order valence-corrected chi connectivity index (χ1v) is 7.28. The number of ether oxygens (including phenoxy) is 1. The second kappa shape index (κ2) is 10.9. The molecule has 0 radical (unpaired) electrons. The molecule has 1 amide bonds. The molecule has 0 aliphatic carbocycles. The summed E-state index contributed by atoms with van der Waals surface area (Å²) in [6.45, 7) is 3.10. The molecule has 4 nitrogen and oxygen atoms in total. The largest absolute Gasteiger partial charge is 0.492 e. The van der Waals surface area contributed by atoms with E-state index in [4.69, 9.17) is 10.5 Å². The van der Waals surface area contributed by atoms with Gasteiger partial charge in [0, 0.05) is 19.0 Å². The molecule has 1 aromatic carbocycles. The molecule has 0 aromatic heterocycles. The van der Waals surface area contributed by atoms with E-state index in [2.05, 4.69) is 21.2 Å². The van der Waals surface area contributed by atoms with Gasteiger partial charge in [-0.3, -0.25) is 4.79 Å². The van der Waals surface area contributed by atoms with Crippen LogP contribution in [0, 0.1) is 0 Å². The van der Waals surface area contributed by atoms with E-state index in [-0.39, 0.29) is 24.4 Å². The maximum Gasteiger partial charge on any atom is 0.220 e. The number of hydrogen-bond donors (Lipinski definition) is 2. The Labute approximate surface area is 135 Å². The van der Waals surface area contributed by atoms with Crippen molar-refractivity contribution in [2.75, 3.05) is 13.2 Å². The average molecular weight is 366 g/mol. The van der Waals surface area contributed by atoms with Crippen molar-refractivity contribution in [2.24, 2.45) is 5.73 Å². The summed E-state index contributed by atoms with van der Waals surface area (Å²) in [5.74, 6) is 0.858. The maximum absolute atomic E-state index is 11.5. The first kappa shape index (κ1) is 19.2. The normalized spacial score (nSPS) is 11.3. The molecule has 1 atom stereocenters. The highest BCUT2D eigenvalue weighted by Crippen LogP contribution is 2.23. The molecule has 1 unspecified atom stereocenters. The second-order valence-corrected chi connectivity index (χ2v) is 5.35. The number of halogens is 2. The van der Waals surface area contributed by atoms with Crippen LogP contribution in [0.15, 0.2) is 28.7 Å². The Morgan fingerprint density at radius 1 is 1.45 bits per heavy atom. The van der Waals surface area contributed by atoms with E-state index in [1.54, 1.807) is 0 Å². The van der Waals surface area contributed by atoms with Gasteiger partial charge in [0.05, 0.1) is 11.1 Å². The summed E-state index contributed by atoms with van der Waals surface area (Å²) in [5.41, 5.74) is 5.60. The molecule has 0 spiro atoms. The number of carbonyl (C=O) groups excluding carboxylic acids is 1. The van der Waals surface area contributed by atoms with Crippen LogP contribution in [0.4, 0.5) is 0 Å². The Morgan fingerprint density at radius 2 is 2.15 bits per heavy atom. The van der Waals surface area contributed by atoms with Crippen molar-refractivity contribution in [1.29, 1.82) is 0 Å². The summed E-state index contributed by atoms with van der Waals surface area (Å²) >= 11 is 3.41. The van der Waals surface area contributed by atoms with Gasteiger partial charge in [0.1, 0.15) is 5.75 Å². The van der Waals surface area contributed by atoms with Crippen LogP contribution in [-0.4, -0.2) is 25.1 Å². The molecule has 0 fully saturated rings. The van der Waals surface area contributed by atoms with Gasteiger partial charge in [-0.05, 0) is 47.8 Å². The van der Waals surface area contributed by atoms with Crippen molar-refractivity contribution in [3.8, 4) is 5.75 Å². The molecule has 0 heterocycles. The van der Waals surface area contributed by atoms with E-state index in [0.29, 0.717) is 26.0 Å². The molecule has 3 N–H and O–H groups in total. The third kappa shape index (κ3) is 8.40. The van der Waals surface area contributed by atoms with E-state index in [0.717, 1.165) is 16.6 Å². The van der Waals surface area contributed by atoms with Crippen molar-refractivity contribution < 1.29 is 9.53 Å². The number of hydrogen-bond acceptors (Lipinski definition) is 3. The zero-order chi connectivity index (χ0) is 14.1. The minimum atomic E-state index is 0. The number of carbonyl (C=O) groups is 1. The van der Waals surface area contributed by atoms with Gasteiger partial charge in [0.15, 0.2) is 0 Å². The van der Waals surface area contributed by atoms with Crippen LogP contribution < -0.4 is 15.8 Å². The maximum atomic E-state index is 11.5. The first-order valence-electron chi connectivity index (χ1n) is 6.49. The highest BCUT2D eigenvalue weighted by Gasteiger charge is 2.03. The quantitative estimate of drug-likeness (QED) is 0.696. The fourth-order valence-corrected chi connectivity index (χ4v) is 1.90. The minimum Gasteiger partial charge on any atom is -0.492 e. The molecule has 1 aromatic rings. The third-order valence-corrected chi connectivity index (χ3v) is 3.22. The van der Waals surface area contributed by atoms with Crippen LogP contribution in [0.3, 0.4) is 0 Å². The van der Waals surface area contributed by atoms with Gasteiger partial charge in [-0.2, -0.15) is 0 Å². The van der Waals surface area contributed by atoms with Gasteiger partial charge in [0.25, 0.3) is 0 Å². The van der Waals surface area contributed by atoms with Crippen LogP contribution in [0.1, 0.15) is 26.2 Å². The van der Waals surface area contributed by atoms with Crippen LogP contribution in [0.5, 0.6) is 5.75 Å². The SMILES string of the molecule is CC(N)CCNC(=O)CCCOc1ccccc1Br.Cl. The number of para-hydroxylation sites is 1. The van der Waals surface area contributed by atoms with Gasteiger partial charge < -0.3 is 15.8 Å². The fourth-order valence-electron chi connectivity index (χ4n) is 1.50. The standard InChI is InChI=1S/C14H21BrN2O2.ClH/c1-11(16)8-9-17-14(18)7-4-10-19-13-6-3-2-5-12(13)15;/h2-3,5-6,11H,4,7-10,16H2,1H3,(H,17,18);1H. The van der Waals surface area contributed by atoms with Crippen LogP contribution in [0.25, 0.3) is 0 Å². The molecule has 6 heteroatoms. The zero-order valence-corrected chi connectivity index (χ0v) is 14.0. The van der Waals surface area contributed by atoms with Gasteiger partial charge in [-0.1, -0.05) is 12.1 Å². The Kier molecular flexibility index (Phi) is 10.5. The van der Waals surface area contributed by atoms with Crippen molar-refractivity contribution in [3.63, 3.8) is 0 Å². The Bertz CT molecular complexity index is 403. The third-order valence-electron chi connectivity index (χ3n) is 2.56. The smallest absolute Gasteiger partial charge is 0.220 e. The lowest BCUT2D eigenvalue weighted by atomic mass is 10.2. The van der Waals surface area contributed by atoms with Crippen LogP contribution in [0.2, 0.25) is 0 Å². The molecule has 1 rings (SSSR count). The van der Waals surface area contributed by atoms with E-state index in [1.165, 1.54) is 0 Å². The summed E-state index contributed by atoms with van der Waals surface area (Å²) in [6, 6.07) is 7.80. The van der Waals surface area contributed by atoms with Crippen molar-refractivity contribution in [2.45, 2.75) is 32.2 Å². The van der Waals surface area contributed by atoms with E-state index in [1.807, 2.05) is 31.2 Å². The lowest BCUT2D eigenvalue weighted by Gasteiger charge is -2.09. The molecule has 0 bridgehead atoms. The molecular formula is C14H22BrClN2O2. The predicted molar refractivity (Wildman–Crippen MR) is 87.4 cm³/mol. The Morgan fingerprint density at radius 3 is 2.80 bits per heavy atom. The van der Waals surface area contributed by atoms with Crippen molar-refractivity contribution >= 4 is 34.2 Å². The number of nitrogens with two attached hydrogens (primary N) is 1. The molecule has 0 saturated heterocycles. The molecular weight excluding hydrogens is 344 g/mol.